The second-order valence-electron chi connectivity index (χ2n) is 3.34. The van der Waals surface area contributed by atoms with Crippen LogP contribution in [0.25, 0.3) is 0 Å². The van der Waals surface area contributed by atoms with E-state index in [4.69, 9.17) is 9.84 Å². The zero-order valence-corrected chi connectivity index (χ0v) is 9.28. The number of ether oxygens (including phenoxy) is 1. The summed E-state index contributed by atoms with van der Waals surface area (Å²) in [6.45, 7) is 2.54. The maximum absolute atomic E-state index is 11.2. The minimum Gasteiger partial charge on any atom is -0.481 e. The van der Waals surface area contributed by atoms with E-state index in [9.17, 15) is 9.59 Å². The molecule has 0 aromatic rings. The minimum absolute atomic E-state index is 0.119. The van der Waals surface area contributed by atoms with Crippen LogP contribution < -0.4 is 5.32 Å². The first-order chi connectivity index (χ1) is 7.11. The molecule has 0 aliphatic rings. The molecule has 15 heavy (non-hydrogen) atoms. The molecular weight excluding hydrogens is 198 g/mol. The molecule has 88 valence electrons. The van der Waals surface area contributed by atoms with E-state index in [0.717, 1.165) is 0 Å². The van der Waals surface area contributed by atoms with Crippen LogP contribution in [-0.4, -0.2) is 37.2 Å². The molecule has 0 fully saturated rings. The molecule has 0 aromatic heterocycles. The maximum Gasteiger partial charge on any atom is 0.308 e. The fraction of sp³-hybridized carbons (Fsp3) is 0.800. The van der Waals surface area contributed by atoms with Gasteiger partial charge < -0.3 is 15.2 Å². The van der Waals surface area contributed by atoms with E-state index in [2.05, 4.69) is 5.32 Å². The van der Waals surface area contributed by atoms with Crippen molar-refractivity contribution in [1.82, 2.24) is 5.32 Å². The second-order valence-corrected chi connectivity index (χ2v) is 3.34. The number of carboxylic acids is 1. The van der Waals surface area contributed by atoms with Gasteiger partial charge in [0.2, 0.25) is 5.91 Å². The molecule has 0 radical (unpaired) electrons. The van der Waals surface area contributed by atoms with E-state index >= 15 is 0 Å². The monoisotopic (exact) mass is 217 g/mol. The Kier molecular flexibility index (Phi) is 7.62. The van der Waals surface area contributed by atoms with Crippen LogP contribution in [0.15, 0.2) is 0 Å². The number of aliphatic carboxylic acids is 1. The Labute approximate surface area is 89.8 Å². The zero-order valence-electron chi connectivity index (χ0n) is 9.28. The Morgan fingerprint density at radius 1 is 1.47 bits per heavy atom. The van der Waals surface area contributed by atoms with Crippen LogP contribution in [0.3, 0.4) is 0 Å². The average Bonchev–Trinajstić information content (AvgIpc) is 2.18. The molecule has 1 unspecified atom stereocenters. The number of amides is 1. The van der Waals surface area contributed by atoms with Crippen molar-refractivity contribution in [2.75, 3.05) is 20.3 Å². The van der Waals surface area contributed by atoms with Gasteiger partial charge >= 0.3 is 5.97 Å². The van der Waals surface area contributed by atoms with Crippen molar-refractivity contribution in [3.05, 3.63) is 0 Å². The van der Waals surface area contributed by atoms with Gasteiger partial charge in [-0.15, -0.1) is 0 Å². The molecule has 0 heterocycles. The Morgan fingerprint density at radius 3 is 2.60 bits per heavy atom. The molecule has 0 aliphatic heterocycles. The van der Waals surface area contributed by atoms with Crippen LogP contribution in [0.5, 0.6) is 0 Å². The van der Waals surface area contributed by atoms with Gasteiger partial charge in [-0.3, -0.25) is 9.59 Å². The summed E-state index contributed by atoms with van der Waals surface area (Å²) in [5.74, 6) is -1.47. The molecule has 1 amide bonds. The van der Waals surface area contributed by atoms with E-state index in [1.807, 2.05) is 0 Å². The molecule has 0 saturated carbocycles. The van der Waals surface area contributed by atoms with Gasteiger partial charge in [-0.05, 0) is 12.8 Å². The number of carbonyl (C=O) groups excluding carboxylic acids is 1. The molecular formula is C10H19NO4. The Balaban J connectivity index is 3.64. The lowest BCUT2D eigenvalue weighted by Crippen LogP contribution is -2.32. The molecule has 0 aliphatic carbocycles. The van der Waals surface area contributed by atoms with Crippen molar-refractivity contribution in [3.8, 4) is 0 Å². The first kappa shape index (κ1) is 13.9. The number of carbonyl (C=O) groups is 2. The summed E-state index contributed by atoms with van der Waals surface area (Å²) >= 11 is 0. The third kappa shape index (κ3) is 6.90. The summed E-state index contributed by atoms with van der Waals surface area (Å²) in [7, 11) is 1.58. The average molecular weight is 217 g/mol. The number of carboxylic acid groups (broad SMARTS) is 1. The van der Waals surface area contributed by atoms with Gasteiger partial charge in [-0.25, -0.2) is 0 Å². The van der Waals surface area contributed by atoms with Gasteiger partial charge in [0.15, 0.2) is 0 Å². The van der Waals surface area contributed by atoms with Gasteiger partial charge in [0, 0.05) is 26.7 Å². The summed E-state index contributed by atoms with van der Waals surface area (Å²) in [6.07, 6.45) is 1.56. The number of hydrogen-bond acceptors (Lipinski definition) is 3. The molecule has 5 nitrogen and oxygen atoms in total. The molecule has 0 aromatic carbocycles. The van der Waals surface area contributed by atoms with E-state index in [1.165, 1.54) is 0 Å². The predicted octanol–water partition coefficient (Wildman–Crippen LogP) is 0.640. The first-order valence-electron chi connectivity index (χ1n) is 5.10. The van der Waals surface area contributed by atoms with Crippen molar-refractivity contribution in [3.63, 3.8) is 0 Å². The van der Waals surface area contributed by atoms with Crippen molar-refractivity contribution in [2.24, 2.45) is 5.92 Å². The van der Waals surface area contributed by atoms with Crippen LogP contribution in [0.4, 0.5) is 0 Å². The standard InChI is InChI=1S/C10H19NO4/c1-3-8(10(13)14)7-11-9(12)5-4-6-15-2/h8H,3-7H2,1-2H3,(H,11,12)(H,13,14). The highest BCUT2D eigenvalue weighted by atomic mass is 16.5. The van der Waals surface area contributed by atoms with Crippen LogP contribution in [-0.2, 0) is 14.3 Å². The summed E-state index contributed by atoms with van der Waals surface area (Å²) in [5.41, 5.74) is 0. The highest BCUT2D eigenvalue weighted by Gasteiger charge is 2.15. The van der Waals surface area contributed by atoms with Crippen molar-refractivity contribution >= 4 is 11.9 Å². The molecule has 1 atom stereocenters. The predicted molar refractivity (Wildman–Crippen MR) is 55.5 cm³/mol. The number of nitrogens with one attached hydrogen (secondary N) is 1. The normalized spacial score (nSPS) is 12.1. The Hall–Kier alpha value is -1.10. The third-order valence-corrected chi connectivity index (χ3v) is 2.14. The largest absolute Gasteiger partial charge is 0.481 e. The third-order valence-electron chi connectivity index (χ3n) is 2.14. The highest BCUT2D eigenvalue weighted by molar-refractivity contribution is 5.77. The topological polar surface area (TPSA) is 75.6 Å². The van der Waals surface area contributed by atoms with Crippen molar-refractivity contribution in [2.45, 2.75) is 26.2 Å². The van der Waals surface area contributed by atoms with Crippen molar-refractivity contribution < 1.29 is 19.4 Å². The lowest BCUT2D eigenvalue weighted by molar-refractivity contribution is -0.141. The van der Waals surface area contributed by atoms with Crippen LogP contribution in [0.1, 0.15) is 26.2 Å². The Morgan fingerprint density at radius 2 is 2.13 bits per heavy atom. The zero-order chi connectivity index (χ0) is 11.7. The molecule has 0 spiro atoms. The maximum atomic E-state index is 11.2. The quantitative estimate of drug-likeness (QED) is 0.585. The van der Waals surface area contributed by atoms with Crippen LogP contribution in [0.2, 0.25) is 0 Å². The van der Waals surface area contributed by atoms with Crippen LogP contribution >= 0.6 is 0 Å². The molecule has 0 rings (SSSR count). The molecule has 5 heteroatoms. The van der Waals surface area contributed by atoms with Gasteiger partial charge in [-0.2, -0.15) is 0 Å². The molecule has 2 N–H and O–H groups in total. The van der Waals surface area contributed by atoms with Gasteiger partial charge in [0.25, 0.3) is 0 Å². The summed E-state index contributed by atoms with van der Waals surface area (Å²) < 4.78 is 4.80. The summed E-state index contributed by atoms with van der Waals surface area (Å²) in [6, 6.07) is 0. The summed E-state index contributed by atoms with van der Waals surface area (Å²) in [5, 5.41) is 11.3. The van der Waals surface area contributed by atoms with Crippen LogP contribution in [0, 0.1) is 5.92 Å². The van der Waals surface area contributed by atoms with Crippen molar-refractivity contribution in [1.29, 1.82) is 0 Å². The van der Waals surface area contributed by atoms with E-state index in [1.54, 1.807) is 14.0 Å². The number of hydrogen-bond donors (Lipinski definition) is 2. The van der Waals surface area contributed by atoms with Gasteiger partial charge in [-0.1, -0.05) is 6.92 Å². The van der Waals surface area contributed by atoms with E-state index < -0.39 is 11.9 Å². The molecule has 0 bridgehead atoms. The number of methoxy groups -OCH3 is 1. The Bertz CT molecular complexity index is 206. The fourth-order valence-corrected chi connectivity index (χ4v) is 1.11. The van der Waals surface area contributed by atoms with E-state index in [-0.39, 0.29) is 12.5 Å². The van der Waals surface area contributed by atoms with Gasteiger partial charge in [0.1, 0.15) is 0 Å². The second kappa shape index (κ2) is 8.23. The first-order valence-corrected chi connectivity index (χ1v) is 5.10. The minimum atomic E-state index is -0.866. The van der Waals surface area contributed by atoms with Gasteiger partial charge in [0.05, 0.1) is 5.92 Å². The van der Waals surface area contributed by atoms with E-state index in [0.29, 0.717) is 25.9 Å². The fourth-order valence-electron chi connectivity index (χ4n) is 1.11. The lowest BCUT2D eigenvalue weighted by atomic mass is 10.1. The smallest absolute Gasteiger partial charge is 0.308 e. The SMILES string of the molecule is CCC(CNC(=O)CCCOC)C(=O)O. The molecule has 0 saturated heterocycles. The lowest BCUT2D eigenvalue weighted by Gasteiger charge is -2.10. The summed E-state index contributed by atoms with van der Waals surface area (Å²) in [4.78, 5) is 21.8. The highest BCUT2D eigenvalue weighted by Crippen LogP contribution is 2.00. The number of rotatable bonds is 8.